The zero-order chi connectivity index (χ0) is 26.5. The van der Waals surface area contributed by atoms with E-state index in [1.54, 1.807) is 0 Å². The molecule has 0 spiro atoms. The van der Waals surface area contributed by atoms with Crippen molar-refractivity contribution in [3.63, 3.8) is 0 Å². The minimum Gasteiger partial charge on any atom is -0.486 e. The van der Waals surface area contributed by atoms with Crippen LogP contribution in [-0.2, 0) is 14.8 Å². The van der Waals surface area contributed by atoms with Gasteiger partial charge in [0.1, 0.15) is 25.6 Å². The van der Waals surface area contributed by atoms with Crippen molar-refractivity contribution in [2.75, 3.05) is 24.1 Å². The maximum atomic E-state index is 13.8. The summed E-state index contributed by atoms with van der Waals surface area (Å²) in [5.41, 5.74) is 1.83. The van der Waals surface area contributed by atoms with Crippen LogP contribution in [0.3, 0.4) is 0 Å². The predicted molar refractivity (Wildman–Crippen MR) is 141 cm³/mol. The molecule has 1 aliphatic rings. The lowest BCUT2D eigenvalue weighted by atomic mass is 9.99. The molecule has 0 radical (unpaired) electrons. The Hall–Kier alpha value is -4.37. The van der Waals surface area contributed by atoms with Gasteiger partial charge in [-0.1, -0.05) is 60.7 Å². The molecule has 4 aromatic rings. The molecule has 0 unspecified atom stereocenters. The Balaban J connectivity index is 1.48. The van der Waals surface area contributed by atoms with Gasteiger partial charge in [-0.15, -0.1) is 0 Å². The first-order chi connectivity index (χ1) is 18.4. The quantitative estimate of drug-likeness (QED) is 0.356. The third kappa shape index (κ3) is 5.47. The Kier molecular flexibility index (Phi) is 7.28. The highest BCUT2D eigenvalue weighted by Crippen LogP contribution is 2.34. The Morgan fingerprint density at radius 2 is 1.39 bits per heavy atom. The van der Waals surface area contributed by atoms with E-state index in [1.165, 1.54) is 30.3 Å². The molecule has 38 heavy (non-hydrogen) atoms. The number of amides is 1. The van der Waals surface area contributed by atoms with Crippen LogP contribution >= 0.6 is 0 Å². The summed E-state index contributed by atoms with van der Waals surface area (Å²) in [7, 11) is -4.25. The first-order valence-corrected chi connectivity index (χ1v) is 13.4. The molecule has 1 heterocycles. The fourth-order valence-corrected chi connectivity index (χ4v) is 5.66. The SMILES string of the molecule is O=C(CN(c1ccc(F)cc1)S(=O)(=O)c1ccc2c(c1)OCCO2)NC(c1ccccc1)c1ccccc1. The number of halogens is 1. The minimum absolute atomic E-state index is 0.0819. The molecule has 194 valence electrons. The number of anilines is 1. The monoisotopic (exact) mass is 532 g/mol. The lowest BCUT2D eigenvalue weighted by Gasteiger charge is -2.27. The van der Waals surface area contributed by atoms with Gasteiger partial charge in [0, 0.05) is 6.07 Å². The van der Waals surface area contributed by atoms with Gasteiger partial charge in [-0.05, 0) is 47.5 Å². The molecule has 1 aliphatic heterocycles. The average Bonchev–Trinajstić information content (AvgIpc) is 2.96. The summed E-state index contributed by atoms with van der Waals surface area (Å²) in [5.74, 6) is -0.319. The van der Waals surface area contributed by atoms with Gasteiger partial charge < -0.3 is 14.8 Å². The first-order valence-electron chi connectivity index (χ1n) is 12.0. The molecule has 0 saturated carbocycles. The van der Waals surface area contributed by atoms with Crippen LogP contribution in [0.1, 0.15) is 17.2 Å². The second-order valence-corrected chi connectivity index (χ2v) is 10.5. The topological polar surface area (TPSA) is 84.9 Å². The summed E-state index contributed by atoms with van der Waals surface area (Å²) >= 11 is 0. The van der Waals surface area contributed by atoms with Crippen molar-refractivity contribution < 1.29 is 27.1 Å². The van der Waals surface area contributed by atoms with Gasteiger partial charge in [0.05, 0.1) is 16.6 Å². The van der Waals surface area contributed by atoms with Crippen LogP contribution in [0.15, 0.2) is 108 Å². The molecule has 1 amide bonds. The summed E-state index contributed by atoms with van der Waals surface area (Å²) in [4.78, 5) is 13.3. The fraction of sp³-hybridized carbons (Fsp3) is 0.138. The lowest BCUT2D eigenvalue weighted by molar-refractivity contribution is -0.120. The molecule has 9 heteroatoms. The van der Waals surface area contributed by atoms with Crippen LogP contribution in [0, 0.1) is 5.82 Å². The summed E-state index contributed by atoms with van der Waals surface area (Å²) < 4.78 is 53.3. The van der Waals surface area contributed by atoms with Crippen molar-refractivity contribution >= 4 is 21.6 Å². The molecule has 0 bridgehead atoms. The highest BCUT2D eigenvalue weighted by Gasteiger charge is 2.30. The van der Waals surface area contributed by atoms with Gasteiger partial charge in [0.2, 0.25) is 5.91 Å². The summed E-state index contributed by atoms with van der Waals surface area (Å²) in [5, 5.41) is 2.97. The van der Waals surface area contributed by atoms with Gasteiger partial charge >= 0.3 is 0 Å². The van der Waals surface area contributed by atoms with Crippen LogP contribution in [0.2, 0.25) is 0 Å². The molecule has 0 fully saturated rings. The van der Waals surface area contributed by atoms with Crippen molar-refractivity contribution in [2.24, 2.45) is 0 Å². The molecule has 1 N–H and O–H groups in total. The molecule has 0 saturated heterocycles. The van der Waals surface area contributed by atoms with E-state index in [-0.39, 0.29) is 10.6 Å². The number of nitrogens with one attached hydrogen (secondary N) is 1. The zero-order valence-corrected chi connectivity index (χ0v) is 21.1. The number of nitrogens with zero attached hydrogens (tertiary/aromatic N) is 1. The van der Waals surface area contributed by atoms with Gasteiger partial charge in [-0.3, -0.25) is 9.10 Å². The molecule has 0 aromatic heterocycles. The number of hydrogen-bond acceptors (Lipinski definition) is 5. The van der Waals surface area contributed by atoms with E-state index in [0.717, 1.165) is 27.6 Å². The largest absolute Gasteiger partial charge is 0.486 e. The lowest BCUT2D eigenvalue weighted by Crippen LogP contribution is -2.42. The smallest absolute Gasteiger partial charge is 0.264 e. The van der Waals surface area contributed by atoms with Crippen LogP contribution < -0.4 is 19.1 Å². The number of fused-ring (bicyclic) bond motifs is 1. The minimum atomic E-state index is -4.25. The molecule has 0 aliphatic carbocycles. The molecule has 5 rings (SSSR count). The summed E-state index contributed by atoms with van der Waals surface area (Å²) in [6, 6.07) is 27.5. The highest BCUT2D eigenvalue weighted by atomic mass is 32.2. The maximum Gasteiger partial charge on any atom is 0.264 e. The van der Waals surface area contributed by atoms with Gasteiger partial charge in [0.25, 0.3) is 10.0 Å². The van der Waals surface area contributed by atoms with E-state index in [9.17, 15) is 17.6 Å². The molecule has 7 nitrogen and oxygen atoms in total. The van der Waals surface area contributed by atoms with E-state index in [0.29, 0.717) is 24.7 Å². The Morgan fingerprint density at radius 1 is 0.816 bits per heavy atom. The maximum absolute atomic E-state index is 13.8. The first kappa shape index (κ1) is 25.3. The number of sulfonamides is 1. The Labute approximate surface area is 220 Å². The third-order valence-corrected chi connectivity index (χ3v) is 7.84. The van der Waals surface area contributed by atoms with Crippen molar-refractivity contribution in [1.82, 2.24) is 5.32 Å². The van der Waals surface area contributed by atoms with Gasteiger partial charge in [-0.2, -0.15) is 0 Å². The highest BCUT2D eigenvalue weighted by molar-refractivity contribution is 7.92. The van der Waals surface area contributed by atoms with Crippen molar-refractivity contribution in [1.29, 1.82) is 0 Å². The molecule has 0 atom stereocenters. The number of ether oxygens (including phenoxy) is 2. The number of carbonyl (C=O) groups excluding carboxylic acids is 1. The van der Waals surface area contributed by atoms with Gasteiger partial charge in [-0.25, -0.2) is 12.8 Å². The predicted octanol–water partition coefficient (Wildman–Crippen LogP) is 4.70. The number of hydrogen-bond donors (Lipinski definition) is 1. The standard InChI is InChI=1S/C29H25FN2O5S/c30-23-11-13-24(14-12-23)32(38(34,35)25-15-16-26-27(19-25)37-18-17-36-26)20-28(33)31-29(21-7-3-1-4-8-21)22-9-5-2-6-10-22/h1-16,19,29H,17-18,20H2,(H,31,33). The van der Waals surface area contributed by atoms with E-state index < -0.39 is 34.3 Å². The average molecular weight is 533 g/mol. The summed E-state index contributed by atoms with van der Waals surface area (Å²) in [6.45, 7) is 0.129. The second kappa shape index (κ2) is 10.9. The fourth-order valence-electron chi connectivity index (χ4n) is 4.22. The van der Waals surface area contributed by atoms with E-state index >= 15 is 0 Å². The molecule has 4 aromatic carbocycles. The van der Waals surface area contributed by atoms with Crippen molar-refractivity contribution in [2.45, 2.75) is 10.9 Å². The Morgan fingerprint density at radius 3 is 2.00 bits per heavy atom. The number of carbonyl (C=O) groups is 1. The molecular weight excluding hydrogens is 507 g/mol. The van der Waals surface area contributed by atoms with Crippen molar-refractivity contribution in [3.8, 4) is 11.5 Å². The van der Waals surface area contributed by atoms with Crippen LogP contribution in [-0.4, -0.2) is 34.1 Å². The van der Waals surface area contributed by atoms with E-state index in [4.69, 9.17) is 9.47 Å². The third-order valence-electron chi connectivity index (χ3n) is 6.07. The Bertz CT molecular complexity index is 1470. The van der Waals surface area contributed by atoms with Crippen LogP contribution in [0.5, 0.6) is 11.5 Å². The molecular formula is C29H25FN2O5S. The number of benzene rings is 4. The number of rotatable bonds is 8. The second-order valence-electron chi connectivity index (χ2n) is 8.62. The zero-order valence-electron chi connectivity index (χ0n) is 20.3. The normalized spacial score (nSPS) is 12.7. The van der Waals surface area contributed by atoms with E-state index in [1.807, 2.05) is 60.7 Å². The van der Waals surface area contributed by atoms with Crippen LogP contribution in [0.4, 0.5) is 10.1 Å². The van der Waals surface area contributed by atoms with E-state index in [2.05, 4.69) is 5.32 Å². The van der Waals surface area contributed by atoms with Crippen molar-refractivity contribution in [3.05, 3.63) is 120 Å². The van der Waals surface area contributed by atoms with Crippen LogP contribution in [0.25, 0.3) is 0 Å². The van der Waals surface area contributed by atoms with Gasteiger partial charge in [0.15, 0.2) is 11.5 Å². The summed E-state index contributed by atoms with van der Waals surface area (Å²) in [6.07, 6.45) is 0.